The number of ether oxygens (including phenoxy) is 2. The number of rotatable bonds is 3. The monoisotopic (exact) mass is 395 g/mol. The second-order valence-electron chi connectivity index (χ2n) is 5.53. The van der Waals surface area contributed by atoms with Crippen molar-refractivity contribution < 1.29 is 17.9 Å². The minimum absolute atomic E-state index is 0.0467. The smallest absolute Gasteiger partial charge is 0.250 e. The van der Waals surface area contributed by atoms with Gasteiger partial charge in [-0.1, -0.05) is 0 Å². The van der Waals surface area contributed by atoms with Gasteiger partial charge in [0.15, 0.2) is 5.79 Å². The number of nitrogens with one attached hydrogen (secondary N) is 1. The van der Waals surface area contributed by atoms with Crippen LogP contribution in [0.2, 0.25) is 0 Å². The third-order valence-corrected chi connectivity index (χ3v) is 8.11. The maximum atomic E-state index is 12.4. The Kier molecular flexibility index (Phi) is 4.46. The van der Waals surface area contributed by atoms with Crippen LogP contribution in [0, 0.1) is 6.92 Å². The number of sulfonamides is 1. The van der Waals surface area contributed by atoms with Crippen LogP contribution in [0.25, 0.3) is 0 Å². The van der Waals surface area contributed by atoms with Gasteiger partial charge in [0.25, 0.3) is 0 Å². The number of hydrogen-bond donors (Lipinski definition) is 1. The molecule has 5 nitrogen and oxygen atoms in total. The normalized spacial score (nSPS) is 23.0. The highest BCUT2D eigenvalue weighted by Crippen LogP contribution is 2.36. The molecule has 1 N–H and O–H groups in total. The second-order valence-corrected chi connectivity index (χ2v) is 9.84. The van der Waals surface area contributed by atoms with E-state index in [1.807, 2.05) is 6.92 Å². The lowest BCUT2D eigenvalue weighted by atomic mass is 9.91. The first kappa shape index (κ1) is 15.9. The maximum absolute atomic E-state index is 12.4. The summed E-state index contributed by atoms with van der Waals surface area (Å²) in [5.41, 5.74) is 0.940. The van der Waals surface area contributed by atoms with Crippen LogP contribution >= 0.6 is 27.3 Å². The van der Waals surface area contributed by atoms with E-state index in [1.54, 1.807) is 6.07 Å². The van der Waals surface area contributed by atoms with Crippen molar-refractivity contribution in [2.24, 2.45) is 0 Å². The number of halogens is 1. The van der Waals surface area contributed by atoms with Crippen molar-refractivity contribution in [3.8, 4) is 0 Å². The molecule has 0 aromatic carbocycles. The van der Waals surface area contributed by atoms with Gasteiger partial charge in [-0.3, -0.25) is 0 Å². The molecule has 118 valence electrons. The Morgan fingerprint density at radius 2 is 1.95 bits per heavy atom. The predicted molar refractivity (Wildman–Crippen MR) is 84.0 cm³/mol. The molecule has 2 fully saturated rings. The topological polar surface area (TPSA) is 64.6 Å². The van der Waals surface area contributed by atoms with Gasteiger partial charge in [-0.2, -0.15) is 0 Å². The summed E-state index contributed by atoms with van der Waals surface area (Å²) in [7, 11) is -3.44. The fraction of sp³-hybridized carbons (Fsp3) is 0.692. The van der Waals surface area contributed by atoms with Crippen molar-refractivity contribution in [2.75, 3.05) is 13.2 Å². The van der Waals surface area contributed by atoms with Crippen LogP contribution in [0.1, 0.15) is 31.2 Å². The van der Waals surface area contributed by atoms with E-state index in [0.29, 0.717) is 17.4 Å². The lowest BCUT2D eigenvalue weighted by molar-refractivity contribution is -0.178. The van der Waals surface area contributed by atoms with E-state index < -0.39 is 15.8 Å². The molecule has 0 atom stereocenters. The van der Waals surface area contributed by atoms with Gasteiger partial charge in [-0.15, -0.1) is 11.3 Å². The Balaban J connectivity index is 1.64. The van der Waals surface area contributed by atoms with Crippen LogP contribution in [0.4, 0.5) is 0 Å². The van der Waals surface area contributed by atoms with Crippen LogP contribution in [0.5, 0.6) is 0 Å². The molecule has 1 saturated carbocycles. The summed E-state index contributed by atoms with van der Waals surface area (Å²) in [6.45, 7) is 3.16. The Bertz CT molecular complexity index is 593. The number of aryl methyl sites for hydroxylation is 1. The van der Waals surface area contributed by atoms with Gasteiger partial charge < -0.3 is 9.47 Å². The summed E-state index contributed by atoms with van der Waals surface area (Å²) in [6, 6.07) is 1.65. The summed E-state index contributed by atoms with van der Waals surface area (Å²) < 4.78 is 40.1. The van der Waals surface area contributed by atoms with Crippen molar-refractivity contribution in [1.29, 1.82) is 0 Å². The van der Waals surface area contributed by atoms with E-state index >= 15 is 0 Å². The predicted octanol–water partition coefficient (Wildman–Crippen LogP) is 2.78. The van der Waals surface area contributed by atoms with Gasteiger partial charge in [0.2, 0.25) is 10.0 Å². The molecule has 0 radical (unpaired) electrons. The third-order valence-electron chi connectivity index (χ3n) is 3.98. The third kappa shape index (κ3) is 3.35. The van der Waals surface area contributed by atoms with Gasteiger partial charge >= 0.3 is 0 Å². The first-order chi connectivity index (χ1) is 9.90. The molecule has 1 aliphatic heterocycles. The first-order valence-corrected chi connectivity index (χ1v) is 10.1. The highest BCUT2D eigenvalue weighted by atomic mass is 79.9. The molecular formula is C13H18BrNO4S2. The summed E-state index contributed by atoms with van der Waals surface area (Å²) in [4.78, 5) is 0. The molecule has 2 heterocycles. The van der Waals surface area contributed by atoms with Crippen molar-refractivity contribution >= 4 is 37.3 Å². The van der Waals surface area contributed by atoms with Crippen LogP contribution in [0.3, 0.4) is 0 Å². The minimum Gasteiger partial charge on any atom is -0.348 e. The SMILES string of the molecule is Cc1cc(S(=O)(=O)NC2CCC3(CC2)OCCO3)sc1Br. The molecule has 2 aliphatic rings. The van der Waals surface area contributed by atoms with Gasteiger partial charge in [-0.25, -0.2) is 13.1 Å². The molecule has 0 unspecified atom stereocenters. The number of thiophene rings is 1. The first-order valence-electron chi connectivity index (χ1n) is 6.96. The fourth-order valence-electron chi connectivity index (χ4n) is 2.80. The van der Waals surface area contributed by atoms with E-state index in [-0.39, 0.29) is 6.04 Å². The Hall–Kier alpha value is 0.01000. The Morgan fingerprint density at radius 1 is 1.33 bits per heavy atom. The van der Waals surface area contributed by atoms with Crippen molar-refractivity contribution in [3.63, 3.8) is 0 Å². The molecule has 1 aliphatic carbocycles. The van der Waals surface area contributed by atoms with Gasteiger partial charge in [0, 0.05) is 18.9 Å². The second kappa shape index (κ2) is 5.90. The lowest BCUT2D eigenvalue weighted by Gasteiger charge is -2.35. The van der Waals surface area contributed by atoms with E-state index in [2.05, 4.69) is 20.7 Å². The van der Waals surface area contributed by atoms with Crippen molar-refractivity contribution in [2.45, 2.75) is 48.6 Å². The standard InChI is InChI=1S/C13H18BrNO4S2/c1-9-8-11(20-12(9)14)21(16,17)15-10-2-4-13(5-3-10)18-6-7-19-13/h8,10,15H,2-7H2,1H3. The summed E-state index contributed by atoms with van der Waals surface area (Å²) in [5, 5.41) is 0. The molecular weight excluding hydrogens is 378 g/mol. The minimum atomic E-state index is -3.44. The zero-order valence-electron chi connectivity index (χ0n) is 11.7. The molecule has 0 bridgehead atoms. The Morgan fingerprint density at radius 3 is 2.48 bits per heavy atom. The molecule has 3 rings (SSSR count). The average Bonchev–Trinajstić information content (AvgIpc) is 3.02. The van der Waals surface area contributed by atoms with Gasteiger partial charge in [0.1, 0.15) is 4.21 Å². The molecule has 1 spiro atoms. The summed E-state index contributed by atoms with van der Waals surface area (Å²) >= 11 is 4.61. The molecule has 1 saturated heterocycles. The maximum Gasteiger partial charge on any atom is 0.250 e. The highest BCUT2D eigenvalue weighted by molar-refractivity contribution is 9.11. The van der Waals surface area contributed by atoms with Crippen LogP contribution in [-0.2, 0) is 19.5 Å². The molecule has 1 aromatic heterocycles. The lowest BCUT2D eigenvalue weighted by Crippen LogP contribution is -2.43. The molecule has 8 heteroatoms. The van der Waals surface area contributed by atoms with E-state index in [4.69, 9.17) is 9.47 Å². The zero-order valence-corrected chi connectivity index (χ0v) is 14.9. The largest absolute Gasteiger partial charge is 0.348 e. The van der Waals surface area contributed by atoms with Gasteiger partial charge in [0.05, 0.1) is 17.0 Å². The Labute approximate surface area is 137 Å². The molecule has 0 amide bonds. The quantitative estimate of drug-likeness (QED) is 0.854. The molecule has 21 heavy (non-hydrogen) atoms. The van der Waals surface area contributed by atoms with Gasteiger partial charge in [-0.05, 0) is 47.3 Å². The average molecular weight is 396 g/mol. The zero-order chi connectivity index (χ0) is 15.1. The van der Waals surface area contributed by atoms with Crippen LogP contribution < -0.4 is 4.72 Å². The fourth-order valence-corrected chi connectivity index (χ4v) is 6.35. The van der Waals surface area contributed by atoms with Crippen LogP contribution in [-0.4, -0.2) is 33.5 Å². The summed E-state index contributed by atoms with van der Waals surface area (Å²) in [5.74, 6) is -0.454. The molecule has 1 aromatic rings. The summed E-state index contributed by atoms with van der Waals surface area (Å²) in [6.07, 6.45) is 2.97. The van der Waals surface area contributed by atoms with Crippen molar-refractivity contribution in [1.82, 2.24) is 4.72 Å². The van der Waals surface area contributed by atoms with E-state index in [0.717, 1.165) is 35.0 Å². The van der Waals surface area contributed by atoms with E-state index in [9.17, 15) is 8.42 Å². The van der Waals surface area contributed by atoms with Crippen molar-refractivity contribution in [3.05, 3.63) is 15.4 Å². The number of hydrogen-bond acceptors (Lipinski definition) is 5. The highest BCUT2D eigenvalue weighted by Gasteiger charge is 2.41. The van der Waals surface area contributed by atoms with Crippen LogP contribution in [0.15, 0.2) is 14.1 Å². The van der Waals surface area contributed by atoms with E-state index in [1.165, 1.54) is 11.3 Å².